The minimum absolute atomic E-state index is 0.493. The van der Waals surface area contributed by atoms with E-state index in [0.717, 1.165) is 33.8 Å². The van der Waals surface area contributed by atoms with E-state index in [-0.39, 0.29) is 0 Å². The van der Waals surface area contributed by atoms with Crippen molar-refractivity contribution in [3.05, 3.63) is 26.6 Å². The Hall–Kier alpha value is -0.0600. The zero-order valence-electron chi connectivity index (χ0n) is 11.5. The first-order valence-corrected chi connectivity index (χ1v) is 8.49. The SMILES string of the molecule is CC(C)NCc1cc(Br)c(OCCC2CC2)c(Br)c1. The molecule has 19 heavy (non-hydrogen) atoms. The van der Waals surface area contributed by atoms with E-state index in [1.165, 1.54) is 24.8 Å². The lowest BCUT2D eigenvalue weighted by molar-refractivity contribution is 0.299. The fraction of sp³-hybridized carbons (Fsp3) is 0.600. The smallest absolute Gasteiger partial charge is 0.147 e. The number of hydrogen-bond donors (Lipinski definition) is 1. The van der Waals surface area contributed by atoms with Crippen LogP contribution >= 0.6 is 31.9 Å². The van der Waals surface area contributed by atoms with Gasteiger partial charge in [-0.05, 0) is 61.9 Å². The second-order valence-corrected chi connectivity index (χ2v) is 7.21. The molecule has 0 heterocycles. The molecule has 1 fully saturated rings. The van der Waals surface area contributed by atoms with Crippen LogP contribution in [0.15, 0.2) is 21.1 Å². The Bertz CT molecular complexity index is 407. The summed E-state index contributed by atoms with van der Waals surface area (Å²) in [4.78, 5) is 0. The first kappa shape index (κ1) is 15.3. The molecule has 0 aromatic heterocycles. The van der Waals surface area contributed by atoms with Crippen LogP contribution in [-0.2, 0) is 6.54 Å². The maximum absolute atomic E-state index is 5.88. The minimum atomic E-state index is 0.493. The molecular formula is C15H21Br2NO. The Balaban J connectivity index is 1.94. The van der Waals surface area contributed by atoms with E-state index in [2.05, 4.69) is 63.2 Å². The van der Waals surface area contributed by atoms with E-state index >= 15 is 0 Å². The van der Waals surface area contributed by atoms with Crippen molar-refractivity contribution in [3.63, 3.8) is 0 Å². The van der Waals surface area contributed by atoms with Crippen molar-refractivity contribution in [1.82, 2.24) is 5.32 Å². The van der Waals surface area contributed by atoms with Crippen molar-refractivity contribution in [2.24, 2.45) is 5.92 Å². The van der Waals surface area contributed by atoms with Gasteiger partial charge in [0, 0.05) is 12.6 Å². The topological polar surface area (TPSA) is 21.3 Å². The van der Waals surface area contributed by atoms with Crippen molar-refractivity contribution >= 4 is 31.9 Å². The van der Waals surface area contributed by atoms with Crippen LogP contribution in [0.1, 0.15) is 38.7 Å². The summed E-state index contributed by atoms with van der Waals surface area (Å²) in [6.45, 7) is 5.99. The van der Waals surface area contributed by atoms with Gasteiger partial charge >= 0.3 is 0 Å². The van der Waals surface area contributed by atoms with Crippen molar-refractivity contribution < 1.29 is 4.74 Å². The van der Waals surface area contributed by atoms with Crippen molar-refractivity contribution in [2.45, 2.75) is 45.7 Å². The zero-order chi connectivity index (χ0) is 13.8. The molecule has 4 heteroatoms. The second kappa shape index (κ2) is 7.09. The molecule has 1 aromatic rings. The van der Waals surface area contributed by atoms with Gasteiger partial charge in [-0.1, -0.05) is 26.7 Å². The van der Waals surface area contributed by atoms with Gasteiger partial charge in [0.15, 0.2) is 0 Å². The highest BCUT2D eigenvalue weighted by atomic mass is 79.9. The lowest BCUT2D eigenvalue weighted by Gasteiger charge is -2.13. The number of benzene rings is 1. The first-order chi connectivity index (χ1) is 9.06. The first-order valence-electron chi connectivity index (χ1n) is 6.90. The summed E-state index contributed by atoms with van der Waals surface area (Å²) >= 11 is 7.21. The van der Waals surface area contributed by atoms with Gasteiger partial charge in [-0.25, -0.2) is 0 Å². The van der Waals surface area contributed by atoms with E-state index in [1.54, 1.807) is 0 Å². The third-order valence-corrected chi connectivity index (χ3v) is 4.42. The molecule has 0 amide bonds. The number of ether oxygens (including phenoxy) is 1. The highest BCUT2D eigenvalue weighted by molar-refractivity contribution is 9.11. The van der Waals surface area contributed by atoms with Gasteiger partial charge in [0.05, 0.1) is 15.6 Å². The molecular weight excluding hydrogens is 370 g/mol. The molecule has 1 saturated carbocycles. The normalized spacial score (nSPS) is 15.0. The summed E-state index contributed by atoms with van der Waals surface area (Å²) < 4.78 is 7.94. The summed E-state index contributed by atoms with van der Waals surface area (Å²) in [7, 11) is 0. The van der Waals surface area contributed by atoms with Crippen LogP contribution in [-0.4, -0.2) is 12.6 Å². The molecule has 0 radical (unpaired) electrons. The fourth-order valence-electron chi connectivity index (χ4n) is 1.91. The summed E-state index contributed by atoms with van der Waals surface area (Å²) in [5, 5.41) is 3.42. The maximum atomic E-state index is 5.88. The van der Waals surface area contributed by atoms with Gasteiger partial charge in [-0.2, -0.15) is 0 Å². The molecule has 0 bridgehead atoms. The Morgan fingerprint density at radius 2 is 1.89 bits per heavy atom. The van der Waals surface area contributed by atoms with Gasteiger partial charge in [-0.15, -0.1) is 0 Å². The average molecular weight is 391 g/mol. The summed E-state index contributed by atoms with van der Waals surface area (Å²) in [5.41, 5.74) is 1.25. The lowest BCUT2D eigenvalue weighted by Crippen LogP contribution is -2.21. The van der Waals surface area contributed by atoms with E-state index in [9.17, 15) is 0 Å². The van der Waals surface area contributed by atoms with Crippen LogP contribution in [0.25, 0.3) is 0 Å². The fourth-order valence-corrected chi connectivity index (χ4v) is 3.42. The number of halogens is 2. The molecule has 0 spiro atoms. The highest BCUT2D eigenvalue weighted by Gasteiger charge is 2.21. The Labute approximate surface area is 132 Å². The Morgan fingerprint density at radius 3 is 2.42 bits per heavy atom. The second-order valence-electron chi connectivity index (χ2n) is 5.50. The molecule has 0 aliphatic heterocycles. The summed E-state index contributed by atoms with van der Waals surface area (Å²) in [5.74, 6) is 1.83. The number of rotatable bonds is 7. The minimum Gasteiger partial charge on any atom is -0.491 e. The predicted molar refractivity (Wildman–Crippen MR) is 86.7 cm³/mol. The Kier molecular flexibility index (Phi) is 5.72. The van der Waals surface area contributed by atoms with E-state index < -0.39 is 0 Å². The number of hydrogen-bond acceptors (Lipinski definition) is 2. The molecule has 106 valence electrons. The van der Waals surface area contributed by atoms with Crippen LogP contribution in [0.5, 0.6) is 5.75 Å². The van der Waals surface area contributed by atoms with Gasteiger partial charge < -0.3 is 10.1 Å². The summed E-state index contributed by atoms with van der Waals surface area (Å²) in [6.07, 6.45) is 3.94. The van der Waals surface area contributed by atoms with Gasteiger partial charge in [0.25, 0.3) is 0 Å². The van der Waals surface area contributed by atoms with Gasteiger partial charge in [-0.3, -0.25) is 0 Å². The monoisotopic (exact) mass is 389 g/mol. The van der Waals surface area contributed by atoms with Crippen LogP contribution in [0.3, 0.4) is 0 Å². The van der Waals surface area contributed by atoms with Gasteiger partial charge in [0.2, 0.25) is 0 Å². The largest absolute Gasteiger partial charge is 0.491 e. The maximum Gasteiger partial charge on any atom is 0.147 e. The molecule has 0 atom stereocenters. The highest BCUT2D eigenvalue weighted by Crippen LogP contribution is 2.36. The van der Waals surface area contributed by atoms with E-state index in [1.807, 2.05) is 0 Å². The molecule has 2 nitrogen and oxygen atoms in total. The van der Waals surface area contributed by atoms with Crippen molar-refractivity contribution in [1.29, 1.82) is 0 Å². The quantitative estimate of drug-likeness (QED) is 0.715. The van der Waals surface area contributed by atoms with Crippen LogP contribution < -0.4 is 10.1 Å². The van der Waals surface area contributed by atoms with Gasteiger partial charge in [0.1, 0.15) is 5.75 Å². The molecule has 2 rings (SSSR count). The molecule has 0 saturated heterocycles. The third kappa shape index (κ3) is 5.09. The standard InChI is InChI=1S/C15H21Br2NO/c1-10(2)18-9-12-7-13(16)15(14(17)8-12)19-6-5-11-3-4-11/h7-8,10-11,18H,3-6,9H2,1-2H3. The van der Waals surface area contributed by atoms with Crippen LogP contribution in [0.2, 0.25) is 0 Å². The molecule has 1 N–H and O–H groups in total. The third-order valence-electron chi connectivity index (χ3n) is 3.24. The average Bonchev–Trinajstić information content (AvgIpc) is 3.14. The number of nitrogens with one attached hydrogen (secondary N) is 1. The summed E-state index contributed by atoms with van der Waals surface area (Å²) in [6, 6.07) is 4.76. The molecule has 0 unspecified atom stereocenters. The molecule has 1 aromatic carbocycles. The predicted octanol–water partition coefficient (Wildman–Crippen LogP) is 4.89. The molecule has 1 aliphatic carbocycles. The zero-order valence-corrected chi connectivity index (χ0v) is 14.7. The molecule has 1 aliphatic rings. The van der Waals surface area contributed by atoms with Crippen LogP contribution in [0.4, 0.5) is 0 Å². The van der Waals surface area contributed by atoms with Crippen molar-refractivity contribution in [3.8, 4) is 5.75 Å². The van der Waals surface area contributed by atoms with Crippen molar-refractivity contribution in [2.75, 3.05) is 6.61 Å². The van der Waals surface area contributed by atoms with E-state index in [0.29, 0.717) is 6.04 Å². The Morgan fingerprint density at radius 1 is 1.26 bits per heavy atom. The van der Waals surface area contributed by atoms with E-state index in [4.69, 9.17) is 4.74 Å². The lowest BCUT2D eigenvalue weighted by atomic mass is 10.2. The van der Waals surface area contributed by atoms with Crippen LogP contribution in [0, 0.1) is 5.92 Å².